The summed E-state index contributed by atoms with van der Waals surface area (Å²) in [7, 11) is 0. The summed E-state index contributed by atoms with van der Waals surface area (Å²) >= 11 is 0. The Morgan fingerprint density at radius 1 is 1.16 bits per heavy atom. The molecule has 5 heteroatoms. The Labute approximate surface area is 110 Å². The molecule has 0 saturated carbocycles. The van der Waals surface area contributed by atoms with Crippen LogP contribution in [-0.4, -0.2) is 11.0 Å². The van der Waals surface area contributed by atoms with Crippen molar-refractivity contribution in [2.45, 2.75) is 13.8 Å². The minimum atomic E-state index is -0.504. The Morgan fingerprint density at radius 3 is 2.63 bits per heavy atom. The third-order valence-electron chi connectivity index (χ3n) is 2.61. The predicted molar refractivity (Wildman–Crippen MR) is 72.8 cm³/mol. The summed E-state index contributed by atoms with van der Waals surface area (Å²) in [6.45, 7) is 3.49. The minimum Gasteiger partial charge on any atom is -0.306 e. The van der Waals surface area contributed by atoms with Gasteiger partial charge in [0.25, 0.3) is 0 Å². The van der Waals surface area contributed by atoms with E-state index in [0.717, 1.165) is 5.69 Å². The van der Waals surface area contributed by atoms with Crippen molar-refractivity contribution in [1.29, 1.82) is 0 Å². The quantitative estimate of drug-likeness (QED) is 0.867. The zero-order chi connectivity index (χ0) is 13.8. The lowest BCUT2D eigenvalue weighted by molar-refractivity contribution is 0.262. The van der Waals surface area contributed by atoms with Crippen LogP contribution >= 0.6 is 0 Å². The molecule has 98 valence electrons. The number of carbonyl (C=O) groups excluding carboxylic acids is 1. The van der Waals surface area contributed by atoms with Crippen LogP contribution < -0.4 is 10.6 Å². The van der Waals surface area contributed by atoms with Crippen LogP contribution in [0, 0.1) is 19.7 Å². The van der Waals surface area contributed by atoms with E-state index < -0.39 is 11.8 Å². The maximum Gasteiger partial charge on any atom is 0.323 e. The van der Waals surface area contributed by atoms with Gasteiger partial charge in [0, 0.05) is 5.69 Å². The molecule has 1 aromatic carbocycles. The van der Waals surface area contributed by atoms with Crippen LogP contribution in [0.3, 0.4) is 0 Å². The van der Waals surface area contributed by atoms with E-state index in [2.05, 4.69) is 15.6 Å². The molecule has 0 atom stereocenters. The molecule has 0 aliphatic rings. The van der Waals surface area contributed by atoms with Crippen molar-refractivity contribution in [3.63, 3.8) is 0 Å². The van der Waals surface area contributed by atoms with E-state index >= 15 is 0 Å². The van der Waals surface area contributed by atoms with Crippen molar-refractivity contribution in [3.8, 4) is 0 Å². The predicted octanol–water partition coefficient (Wildman–Crippen LogP) is 3.48. The first kappa shape index (κ1) is 13.0. The highest BCUT2D eigenvalue weighted by Gasteiger charge is 2.08. The molecular formula is C14H14FN3O. The molecule has 1 heterocycles. The lowest BCUT2D eigenvalue weighted by atomic mass is 10.2. The van der Waals surface area contributed by atoms with E-state index in [9.17, 15) is 9.18 Å². The zero-order valence-electron chi connectivity index (χ0n) is 10.7. The smallest absolute Gasteiger partial charge is 0.306 e. The number of halogens is 1. The monoisotopic (exact) mass is 259 g/mol. The van der Waals surface area contributed by atoms with Gasteiger partial charge in [-0.1, -0.05) is 12.1 Å². The molecule has 0 saturated heterocycles. The van der Waals surface area contributed by atoms with E-state index in [1.54, 1.807) is 37.4 Å². The average Bonchev–Trinajstić information content (AvgIpc) is 2.38. The number of amides is 2. The van der Waals surface area contributed by atoms with Crippen molar-refractivity contribution in [2.24, 2.45) is 0 Å². The van der Waals surface area contributed by atoms with Gasteiger partial charge in [-0.25, -0.2) is 9.18 Å². The summed E-state index contributed by atoms with van der Waals surface area (Å²) in [6, 6.07) is 7.84. The third-order valence-corrected chi connectivity index (χ3v) is 2.61. The van der Waals surface area contributed by atoms with E-state index in [1.807, 2.05) is 6.92 Å². The number of nitrogens with one attached hydrogen (secondary N) is 2. The molecule has 0 aliphatic carbocycles. The number of aromatic nitrogens is 1. The molecule has 0 aliphatic heterocycles. The fourth-order valence-electron chi connectivity index (χ4n) is 1.57. The van der Waals surface area contributed by atoms with Crippen LogP contribution in [0.25, 0.3) is 0 Å². The number of nitrogens with zero attached hydrogens (tertiary/aromatic N) is 1. The maximum atomic E-state index is 13.7. The SMILES string of the molecule is Cc1ccc(NC(=O)Nc2cccc(C)c2F)cn1. The summed E-state index contributed by atoms with van der Waals surface area (Å²) in [5, 5.41) is 5.05. The number of anilines is 2. The fraction of sp³-hybridized carbons (Fsp3) is 0.143. The largest absolute Gasteiger partial charge is 0.323 e. The zero-order valence-corrected chi connectivity index (χ0v) is 10.7. The molecule has 2 amide bonds. The summed E-state index contributed by atoms with van der Waals surface area (Å²) in [5.41, 5.74) is 2.04. The molecule has 2 N–H and O–H groups in total. The van der Waals surface area contributed by atoms with Gasteiger partial charge < -0.3 is 10.6 Å². The topological polar surface area (TPSA) is 54.0 Å². The molecule has 0 bridgehead atoms. The Balaban J connectivity index is 2.05. The summed E-state index contributed by atoms with van der Waals surface area (Å²) in [6.07, 6.45) is 1.54. The van der Waals surface area contributed by atoms with Crippen molar-refractivity contribution >= 4 is 17.4 Å². The molecule has 4 nitrogen and oxygen atoms in total. The van der Waals surface area contributed by atoms with E-state index in [1.165, 1.54) is 6.07 Å². The molecule has 19 heavy (non-hydrogen) atoms. The van der Waals surface area contributed by atoms with E-state index in [0.29, 0.717) is 11.3 Å². The molecule has 0 fully saturated rings. The van der Waals surface area contributed by atoms with Gasteiger partial charge in [-0.05, 0) is 37.6 Å². The van der Waals surface area contributed by atoms with Crippen molar-refractivity contribution in [2.75, 3.05) is 10.6 Å². The van der Waals surface area contributed by atoms with Crippen LogP contribution in [0.2, 0.25) is 0 Å². The maximum absolute atomic E-state index is 13.7. The second-order valence-electron chi connectivity index (χ2n) is 4.20. The number of pyridine rings is 1. The molecule has 0 spiro atoms. The van der Waals surface area contributed by atoms with Crippen molar-refractivity contribution < 1.29 is 9.18 Å². The second kappa shape index (κ2) is 5.48. The first-order valence-electron chi connectivity index (χ1n) is 5.82. The average molecular weight is 259 g/mol. The number of benzene rings is 1. The van der Waals surface area contributed by atoms with Crippen molar-refractivity contribution in [3.05, 3.63) is 53.6 Å². The van der Waals surface area contributed by atoms with Crippen LogP contribution in [0.15, 0.2) is 36.5 Å². The fourth-order valence-corrected chi connectivity index (χ4v) is 1.57. The van der Waals surface area contributed by atoms with Crippen LogP contribution in [0.1, 0.15) is 11.3 Å². The Bertz CT molecular complexity index is 596. The number of hydrogen-bond acceptors (Lipinski definition) is 2. The lowest BCUT2D eigenvalue weighted by Crippen LogP contribution is -2.20. The Hall–Kier alpha value is -2.43. The van der Waals surface area contributed by atoms with E-state index in [-0.39, 0.29) is 5.69 Å². The minimum absolute atomic E-state index is 0.151. The lowest BCUT2D eigenvalue weighted by Gasteiger charge is -2.09. The molecule has 0 radical (unpaired) electrons. The standard InChI is InChI=1S/C14H14FN3O/c1-9-4-3-5-12(13(9)15)18-14(19)17-11-7-6-10(2)16-8-11/h3-8H,1-2H3,(H2,17,18,19). The van der Waals surface area contributed by atoms with Crippen LogP contribution in [0.5, 0.6) is 0 Å². The number of hydrogen-bond donors (Lipinski definition) is 2. The second-order valence-corrected chi connectivity index (χ2v) is 4.20. The van der Waals surface area contributed by atoms with Gasteiger partial charge in [0.15, 0.2) is 0 Å². The van der Waals surface area contributed by atoms with Gasteiger partial charge in [-0.2, -0.15) is 0 Å². The normalized spacial score (nSPS) is 10.1. The highest BCUT2D eigenvalue weighted by molar-refractivity contribution is 5.99. The third kappa shape index (κ3) is 3.28. The van der Waals surface area contributed by atoms with Crippen LogP contribution in [0.4, 0.5) is 20.6 Å². The van der Waals surface area contributed by atoms with Gasteiger partial charge in [0.05, 0.1) is 17.6 Å². The van der Waals surface area contributed by atoms with Crippen molar-refractivity contribution in [1.82, 2.24) is 4.98 Å². The summed E-state index contributed by atoms with van der Waals surface area (Å²) in [4.78, 5) is 15.8. The first-order chi connectivity index (χ1) is 9.06. The summed E-state index contributed by atoms with van der Waals surface area (Å²) in [5.74, 6) is -0.431. The van der Waals surface area contributed by atoms with Gasteiger partial charge >= 0.3 is 6.03 Å². The highest BCUT2D eigenvalue weighted by atomic mass is 19.1. The molecular weight excluding hydrogens is 245 g/mol. The molecule has 0 unspecified atom stereocenters. The van der Waals surface area contributed by atoms with Gasteiger partial charge in [-0.15, -0.1) is 0 Å². The molecule has 1 aromatic heterocycles. The van der Waals surface area contributed by atoms with Gasteiger partial charge in [0.2, 0.25) is 0 Å². The number of aryl methyl sites for hydroxylation is 2. The molecule has 2 aromatic rings. The first-order valence-corrected chi connectivity index (χ1v) is 5.82. The highest BCUT2D eigenvalue weighted by Crippen LogP contribution is 2.17. The Morgan fingerprint density at radius 2 is 1.95 bits per heavy atom. The van der Waals surface area contributed by atoms with Gasteiger partial charge in [-0.3, -0.25) is 4.98 Å². The number of urea groups is 1. The number of rotatable bonds is 2. The summed E-state index contributed by atoms with van der Waals surface area (Å²) < 4.78 is 13.7. The number of carbonyl (C=O) groups is 1. The van der Waals surface area contributed by atoms with Gasteiger partial charge in [0.1, 0.15) is 5.82 Å². The van der Waals surface area contributed by atoms with Crippen LogP contribution in [-0.2, 0) is 0 Å². The van der Waals surface area contributed by atoms with E-state index in [4.69, 9.17) is 0 Å². The Kier molecular flexibility index (Phi) is 3.75. The molecule has 2 rings (SSSR count).